The first-order chi connectivity index (χ1) is 6.63. The van der Waals surface area contributed by atoms with Crippen molar-refractivity contribution in [1.29, 1.82) is 5.26 Å². The van der Waals surface area contributed by atoms with Crippen LogP contribution in [0.15, 0.2) is 18.2 Å². The molecule has 0 atom stereocenters. The van der Waals surface area contributed by atoms with E-state index in [9.17, 15) is 0 Å². The summed E-state index contributed by atoms with van der Waals surface area (Å²) < 4.78 is 5.47. The second kappa shape index (κ2) is 4.52. The lowest BCUT2D eigenvalue weighted by atomic mass is 10.2. The van der Waals surface area contributed by atoms with Crippen molar-refractivity contribution < 1.29 is 4.74 Å². The lowest BCUT2D eigenvalue weighted by Gasteiger charge is -2.10. The Morgan fingerprint density at radius 3 is 2.79 bits per heavy atom. The van der Waals surface area contributed by atoms with Crippen LogP contribution in [0, 0.1) is 17.2 Å². The maximum Gasteiger partial charge on any atom is 0.139 e. The number of benzene rings is 1. The van der Waals surface area contributed by atoms with Gasteiger partial charge in [-0.1, -0.05) is 13.8 Å². The summed E-state index contributed by atoms with van der Waals surface area (Å²) in [5, 5.41) is 8.80. The molecule has 0 aliphatic heterocycles. The monoisotopic (exact) mass is 190 g/mol. The molecule has 0 saturated carbocycles. The number of hydrogen-bond donors (Lipinski definition) is 1. The molecule has 0 spiro atoms. The van der Waals surface area contributed by atoms with Crippen LogP contribution in [-0.4, -0.2) is 6.61 Å². The van der Waals surface area contributed by atoms with E-state index in [0.717, 1.165) is 0 Å². The van der Waals surface area contributed by atoms with Crippen LogP contribution < -0.4 is 10.5 Å². The first kappa shape index (κ1) is 10.4. The number of ether oxygens (including phenoxy) is 1. The molecule has 14 heavy (non-hydrogen) atoms. The van der Waals surface area contributed by atoms with E-state index in [2.05, 4.69) is 19.9 Å². The highest BCUT2D eigenvalue weighted by atomic mass is 16.5. The Kier molecular flexibility index (Phi) is 3.35. The smallest absolute Gasteiger partial charge is 0.139 e. The number of nitrogens with zero attached hydrogens (tertiary/aromatic N) is 1. The normalized spacial score (nSPS) is 9.86. The summed E-state index contributed by atoms with van der Waals surface area (Å²) in [7, 11) is 0. The van der Waals surface area contributed by atoms with Crippen molar-refractivity contribution in [3.8, 4) is 11.8 Å². The summed E-state index contributed by atoms with van der Waals surface area (Å²) in [6.07, 6.45) is 0. The number of rotatable bonds is 3. The largest absolute Gasteiger partial charge is 0.492 e. The third-order valence-corrected chi connectivity index (χ3v) is 1.70. The molecule has 74 valence electrons. The minimum atomic E-state index is 0.433. The molecule has 3 nitrogen and oxygen atoms in total. The molecule has 3 heteroatoms. The van der Waals surface area contributed by atoms with Gasteiger partial charge in [-0.3, -0.25) is 0 Å². The molecule has 0 aliphatic rings. The molecule has 0 bridgehead atoms. The first-order valence-corrected chi connectivity index (χ1v) is 4.56. The fourth-order valence-corrected chi connectivity index (χ4v) is 1.01. The molecule has 1 aromatic carbocycles. The predicted molar refractivity (Wildman–Crippen MR) is 55.9 cm³/mol. The maximum absolute atomic E-state index is 8.80. The third-order valence-electron chi connectivity index (χ3n) is 1.70. The van der Waals surface area contributed by atoms with Gasteiger partial charge in [-0.25, -0.2) is 0 Å². The second-order valence-corrected chi connectivity index (χ2v) is 3.57. The molecule has 0 saturated heterocycles. The zero-order valence-corrected chi connectivity index (χ0v) is 8.45. The van der Waals surface area contributed by atoms with Gasteiger partial charge >= 0.3 is 0 Å². The van der Waals surface area contributed by atoms with Crippen LogP contribution in [0.5, 0.6) is 5.75 Å². The Hall–Kier alpha value is -1.69. The summed E-state index contributed by atoms with van der Waals surface area (Å²) >= 11 is 0. The number of nitriles is 1. The lowest BCUT2D eigenvalue weighted by molar-refractivity contribution is 0.270. The van der Waals surface area contributed by atoms with Crippen molar-refractivity contribution in [1.82, 2.24) is 0 Å². The molecule has 0 unspecified atom stereocenters. The van der Waals surface area contributed by atoms with Crippen LogP contribution in [0.1, 0.15) is 19.4 Å². The van der Waals surface area contributed by atoms with Crippen molar-refractivity contribution in [3.05, 3.63) is 23.8 Å². The molecular weight excluding hydrogens is 176 g/mol. The van der Waals surface area contributed by atoms with E-state index in [1.165, 1.54) is 0 Å². The van der Waals surface area contributed by atoms with E-state index >= 15 is 0 Å². The Morgan fingerprint density at radius 2 is 2.21 bits per heavy atom. The van der Waals surface area contributed by atoms with Gasteiger partial charge in [0.25, 0.3) is 0 Å². The van der Waals surface area contributed by atoms with Crippen LogP contribution in [0.25, 0.3) is 0 Å². The molecule has 0 heterocycles. The average molecular weight is 190 g/mol. The number of anilines is 1. The quantitative estimate of drug-likeness (QED) is 0.743. The van der Waals surface area contributed by atoms with Crippen LogP contribution in [0.2, 0.25) is 0 Å². The minimum Gasteiger partial charge on any atom is -0.492 e. The Bertz CT molecular complexity index is 353. The zero-order valence-electron chi connectivity index (χ0n) is 8.45. The van der Waals surface area contributed by atoms with Crippen LogP contribution in [0.3, 0.4) is 0 Å². The standard InChI is InChI=1S/C11H14N2O/c1-8(2)7-14-11-5-10(13)4-3-9(11)6-12/h3-5,8H,7,13H2,1-2H3. The maximum atomic E-state index is 8.80. The van der Waals surface area contributed by atoms with Gasteiger partial charge in [-0.05, 0) is 18.1 Å². The van der Waals surface area contributed by atoms with Crippen molar-refractivity contribution in [2.24, 2.45) is 5.92 Å². The van der Waals surface area contributed by atoms with Gasteiger partial charge < -0.3 is 10.5 Å². The molecular formula is C11H14N2O. The van der Waals surface area contributed by atoms with E-state index in [4.69, 9.17) is 15.7 Å². The average Bonchev–Trinajstić information content (AvgIpc) is 2.15. The van der Waals surface area contributed by atoms with E-state index in [1.807, 2.05) is 0 Å². The number of hydrogen-bond acceptors (Lipinski definition) is 3. The van der Waals surface area contributed by atoms with Crippen molar-refractivity contribution in [3.63, 3.8) is 0 Å². The SMILES string of the molecule is CC(C)COc1cc(N)ccc1C#N. The summed E-state index contributed by atoms with van der Waals surface area (Å²) in [5.74, 6) is 1.00. The molecule has 0 aromatic heterocycles. The minimum absolute atomic E-state index is 0.433. The highest BCUT2D eigenvalue weighted by Gasteiger charge is 2.04. The van der Waals surface area contributed by atoms with Crippen molar-refractivity contribution >= 4 is 5.69 Å². The molecule has 1 rings (SSSR count). The van der Waals surface area contributed by atoms with E-state index < -0.39 is 0 Å². The molecule has 0 radical (unpaired) electrons. The summed E-state index contributed by atoms with van der Waals surface area (Å²) in [5.41, 5.74) is 6.74. The van der Waals surface area contributed by atoms with Crippen molar-refractivity contribution in [2.75, 3.05) is 12.3 Å². The van der Waals surface area contributed by atoms with Gasteiger partial charge in [0, 0.05) is 11.8 Å². The fraction of sp³-hybridized carbons (Fsp3) is 0.364. The first-order valence-electron chi connectivity index (χ1n) is 4.56. The topological polar surface area (TPSA) is 59.0 Å². The Labute approximate surface area is 84.1 Å². The van der Waals surface area contributed by atoms with Crippen molar-refractivity contribution in [2.45, 2.75) is 13.8 Å². The summed E-state index contributed by atoms with van der Waals surface area (Å²) in [6.45, 7) is 4.70. The number of nitrogen functional groups attached to an aromatic ring is 1. The highest BCUT2D eigenvalue weighted by molar-refractivity contribution is 5.52. The lowest BCUT2D eigenvalue weighted by Crippen LogP contribution is -2.05. The number of nitrogens with two attached hydrogens (primary N) is 1. The Morgan fingerprint density at radius 1 is 1.50 bits per heavy atom. The Balaban J connectivity index is 2.84. The van der Waals surface area contributed by atoms with Gasteiger partial charge in [-0.15, -0.1) is 0 Å². The molecule has 2 N–H and O–H groups in total. The molecule has 1 aromatic rings. The molecule has 0 aliphatic carbocycles. The van der Waals surface area contributed by atoms with Crippen LogP contribution >= 0.6 is 0 Å². The van der Waals surface area contributed by atoms with Gasteiger partial charge in [-0.2, -0.15) is 5.26 Å². The third kappa shape index (κ3) is 2.67. The van der Waals surface area contributed by atoms with Gasteiger partial charge in [0.1, 0.15) is 11.8 Å². The highest BCUT2D eigenvalue weighted by Crippen LogP contribution is 2.21. The van der Waals surface area contributed by atoms with E-state index in [1.54, 1.807) is 18.2 Å². The van der Waals surface area contributed by atoms with E-state index in [0.29, 0.717) is 29.5 Å². The van der Waals surface area contributed by atoms with Gasteiger partial charge in [0.05, 0.1) is 12.2 Å². The summed E-state index contributed by atoms with van der Waals surface area (Å²) in [6, 6.07) is 7.11. The summed E-state index contributed by atoms with van der Waals surface area (Å²) in [4.78, 5) is 0. The van der Waals surface area contributed by atoms with Gasteiger partial charge in [0.2, 0.25) is 0 Å². The molecule has 0 fully saturated rings. The fourth-order valence-electron chi connectivity index (χ4n) is 1.01. The molecule has 0 amide bonds. The van der Waals surface area contributed by atoms with E-state index in [-0.39, 0.29) is 0 Å². The van der Waals surface area contributed by atoms with Gasteiger partial charge in [0.15, 0.2) is 0 Å². The second-order valence-electron chi connectivity index (χ2n) is 3.57. The van der Waals surface area contributed by atoms with Crippen LogP contribution in [0.4, 0.5) is 5.69 Å². The predicted octanol–water partition coefficient (Wildman–Crippen LogP) is 2.18. The zero-order chi connectivity index (χ0) is 10.6. The van der Waals surface area contributed by atoms with Crippen LogP contribution in [-0.2, 0) is 0 Å².